The normalized spacial score (nSPS) is 15.7. The van der Waals surface area contributed by atoms with Crippen LogP contribution in [0.4, 0.5) is 0 Å². The Hall–Kier alpha value is -2.14. The number of piperazine rings is 1. The van der Waals surface area contributed by atoms with E-state index in [9.17, 15) is 4.79 Å². The zero-order valence-electron chi connectivity index (χ0n) is 14.8. The second-order valence-electron chi connectivity index (χ2n) is 6.73. The van der Waals surface area contributed by atoms with Crippen LogP contribution in [0.2, 0.25) is 0 Å². The second-order valence-corrected chi connectivity index (χ2v) is 6.73. The lowest BCUT2D eigenvalue weighted by atomic mass is 10.1. The molecule has 2 aromatic rings. The zero-order chi connectivity index (χ0) is 17.1. The first-order chi connectivity index (χ1) is 11.5. The maximum atomic E-state index is 12.5. The van der Waals surface area contributed by atoms with Crippen LogP contribution in [0.1, 0.15) is 22.5 Å². The third-order valence-corrected chi connectivity index (χ3v) is 4.60. The minimum absolute atomic E-state index is 0.163. The first kappa shape index (κ1) is 16.7. The van der Waals surface area contributed by atoms with Crippen LogP contribution in [-0.4, -0.2) is 51.7 Å². The van der Waals surface area contributed by atoms with Crippen molar-refractivity contribution in [3.8, 4) is 0 Å². The standard InChI is InChI=1S/C19H26N4O/c1-15-5-4-6-18(11-15)13-21-7-9-22(10-8-21)19(24)14-23-17(3)12-16(2)20-23/h4-6,11-12H,7-10,13-14H2,1-3H3. The van der Waals surface area contributed by atoms with Gasteiger partial charge in [0.15, 0.2) is 0 Å². The van der Waals surface area contributed by atoms with E-state index in [1.165, 1.54) is 11.1 Å². The highest BCUT2D eigenvalue weighted by molar-refractivity contribution is 5.76. The molecule has 0 saturated carbocycles. The molecule has 0 spiro atoms. The Kier molecular flexibility index (Phi) is 5.00. The second kappa shape index (κ2) is 7.18. The van der Waals surface area contributed by atoms with Gasteiger partial charge in [0, 0.05) is 38.4 Å². The molecule has 1 fully saturated rings. The molecule has 0 N–H and O–H groups in total. The largest absolute Gasteiger partial charge is 0.339 e. The summed E-state index contributed by atoms with van der Waals surface area (Å²) < 4.78 is 1.80. The average molecular weight is 326 g/mol. The van der Waals surface area contributed by atoms with Gasteiger partial charge in [0.05, 0.1) is 5.69 Å². The van der Waals surface area contributed by atoms with Crippen molar-refractivity contribution in [2.75, 3.05) is 26.2 Å². The third kappa shape index (κ3) is 4.03. The Morgan fingerprint density at radius 2 is 1.83 bits per heavy atom. The Balaban J connectivity index is 1.51. The smallest absolute Gasteiger partial charge is 0.244 e. The molecule has 1 aromatic carbocycles. The van der Waals surface area contributed by atoms with Gasteiger partial charge in [-0.25, -0.2) is 0 Å². The predicted molar refractivity (Wildman–Crippen MR) is 94.7 cm³/mol. The van der Waals surface area contributed by atoms with Crippen LogP contribution >= 0.6 is 0 Å². The van der Waals surface area contributed by atoms with E-state index in [-0.39, 0.29) is 5.91 Å². The molecule has 3 rings (SSSR count). The van der Waals surface area contributed by atoms with E-state index in [0.717, 1.165) is 44.1 Å². The topological polar surface area (TPSA) is 41.4 Å². The molecule has 24 heavy (non-hydrogen) atoms. The molecule has 5 nitrogen and oxygen atoms in total. The van der Waals surface area contributed by atoms with Crippen LogP contribution in [0.3, 0.4) is 0 Å². The maximum absolute atomic E-state index is 12.5. The van der Waals surface area contributed by atoms with Crippen LogP contribution in [-0.2, 0) is 17.9 Å². The number of rotatable bonds is 4. The summed E-state index contributed by atoms with van der Waals surface area (Å²) in [6.07, 6.45) is 0. The van der Waals surface area contributed by atoms with Crippen molar-refractivity contribution >= 4 is 5.91 Å². The van der Waals surface area contributed by atoms with Crippen LogP contribution < -0.4 is 0 Å². The van der Waals surface area contributed by atoms with Gasteiger partial charge in [-0.3, -0.25) is 14.4 Å². The first-order valence-electron chi connectivity index (χ1n) is 8.58. The quantitative estimate of drug-likeness (QED) is 0.864. The number of carbonyl (C=O) groups is 1. The van der Waals surface area contributed by atoms with Crippen LogP contribution in [0.5, 0.6) is 0 Å². The van der Waals surface area contributed by atoms with Crippen LogP contribution in [0, 0.1) is 20.8 Å². The van der Waals surface area contributed by atoms with Crippen molar-refractivity contribution in [1.29, 1.82) is 0 Å². The van der Waals surface area contributed by atoms with E-state index in [1.807, 2.05) is 24.8 Å². The molecule has 0 atom stereocenters. The number of hydrogen-bond acceptors (Lipinski definition) is 3. The summed E-state index contributed by atoms with van der Waals surface area (Å²) >= 11 is 0. The zero-order valence-corrected chi connectivity index (χ0v) is 14.8. The monoisotopic (exact) mass is 326 g/mol. The van der Waals surface area contributed by atoms with Gasteiger partial charge in [0.1, 0.15) is 6.54 Å². The molecule has 1 saturated heterocycles. The predicted octanol–water partition coefficient (Wildman–Crippen LogP) is 2.15. The molecule has 1 amide bonds. The molecular formula is C19H26N4O. The first-order valence-corrected chi connectivity index (χ1v) is 8.58. The molecule has 0 radical (unpaired) electrons. The Labute approximate surface area is 143 Å². The SMILES string of the molecule is Cc1cccc(CN2CCN(C(=O)Cn3nc(C)cc3C)CC2)c1. The van der Waals surface area contributed by atoms with Crippen molar-refractivity contribution in [3.05, 3.63) is 52.8 Å². The van der Waals surface area contributed by atoms with Gasteiger partial charge in [-0.2, -0.15) is 5.10 Å². The fraction of sp³-hybridized carbons (Fsp3) is 0.474. The Bertz CT molecular complexity index is 714. The fourth-order valence-electron chi connectivity index (χ4n) is 3.29. The molecule has 1 aliphatic rings. The number of carbonyl (C=O) groups excluding carboxylic acids is 1. The number of hydrogen-bond donors (Lipinski definition) is 0. The van der Waals surface area contributed by atoms with Gasteiger partial charge in [0.25, 0.3) is 0 Å². The van der Waals surface area contributed by atoms with Crippen LogP contribution in [0.15, 0.2) is 30.3 Å². The highest BCUT2D eigenvalue weighted by atomic mass is 16.2. The summed E-state index contributed by atoms with van der Waals surface area (Å²) in [5.41, 5.74) is 4.64. The van der Waals surface area contributed by atoms with Gasteiger partial charge in [-0.05, 0) is 32.4 Å². The summed E-state index contributed by atoms with van der Waals surface area (Å²) in [5, 5.41) is 4.38. The molecule has 0 unspecified atom stereocenters. The molecule has 2 heterocycles. The number of aryl methyl sites for hydroxylation is 3. The van der Waals surface area contributed by atoms with Gasteiger partial charge < -0.3 is 4.90 Å². The van der Waals surface area contributed by atoms with E-state index in [0.29, 0.717) is 6.54 Å². The van der Waals surface area contributed by atoms with E-state index < -0.39 is 0 Å². The van der Waals surface area contributed by atoms with Crippen molar-refractivity contribution in [1.82, 2.24) is 19.6 Å². The Morgan fingerprint density at radius 1 is 1.08 bits per heavy atom. The van der Waals surface area contributed by atoms with Gasteiger partial charge in [0.2, 0.25) is 5.91 Å². The lowest BCUT2D eigenvalue weighted by Gasteiger charge is -2.34. The number of aromatic nitrogens is 2. The van der Waals surface area contributed by atoms with Gasteiger partial charge in [-0.15, -0.1) is 0 Å². The lowest BCUT2D eigenvalue weighted by Crippen LogP contribution is -2.49. The number of amides is 1. The molecule has 1 aromatic heterocycles. The summed E-state index contributed by atoms with van der Waals surface area (Å²) in [7, 11) is 0. The molecule has 5 heteroatoms. The van der Waals surface area contributed by atoms with E-state index in [4.69, 9.17) is 0 Å². The Morgan fingerprint density at radius 3 is 2.46 bits per heavy atom. The summed E-state index contributed by atoms with van der Waals surface area (Å²) in [6.45, 7) is 10.8. The number of nitrogens with zero attached hydrogens (tertiary/aromatic N) is 4. The average Bonchev–Trinajstić information content (AvgIpc) is 2.85. The summed E-state index contributed by atoms with van der Waals surface area (Å²) in [6, 6.07) is 10.7. The van der Waals surface area contributed by atoms with E-state index in [1.54, 1.807) is 4.68 Å². The minimum atomic E-state index is 0.163. The summed E-state index contributed by atoms with van der Waals surface area (Å²) in [5.74, 6) is 0.163. The molecular weight excluding hydrogens is 300 g/mol. The number of benzene rings is 1. The molecule has 128 valence electrons. The van der Waals surface area contributed by atoms with E-state index >= 15 is 0 Å². The van der Waals surface area contributed by atoms with E-state index in [2.05, 4.69) is 41.2 Å². The van der Waals surface area contributed by atoms with Crippen LogP contribution in [0.25, 0.3) is 0 Å². The third-order valence-electron chi connectivity index (χ3n) is 4.60. The van der Waals surface area contributed by atoms with Gasteiger partial charge in [-0.1, -0.05) is 29.8 Å². The molecule has 0 bridgehead atoms. The molecule has 1 aliphatic heterocycles. The van der Waals surface area contributed by atoms with Crippen molar-refractivity contribution < 1.29 is 4.79 Å². The maximum Gasteiger partial charge on any atom is 0.244 e. The minimum Gasteiger partial charge on any atom is -0.339 e. The summed E-state index contributed by atoms with van der Waals surface area (Å²) in [4.78, 5) is 16.9. The van der Waals surface area contributed by atoms with Crippen molar-refractivity contribution in [2.24, 2.45) is 0 Å². The fourth-order valence-corrected chi connectivity index (χ4v) is 3.29. The highest BCUT2D eigenvalue weighted by Gasteiger charge is 2.21. The van der Waals surface area contributed by atoms with Crippen molar-refractivity contribution in [2.45, 2.75) is 33.9 Å². The molecule has 0 aliphatic carbocycles. The van der Waals surface area contributed by atoms with Gasteiger partial charge >= 0.3 is 0 Å². The van der Waals surface area contributed by atoms with Crippen molar-refractivity contribution in [3.63, 3.8) is 0 Å². The highest BCUT2D eigenvalue weighted by Crippen LogP contribution is 2.11. The lowest BCUT2D eigenvalue weighted by molar-refractivity contribution is -0.133.